The highest BCUT2D eigenvalue weighted by Crippen LogP contribution is 2.28. The minimum absolute atomic E-state index is 0.146. The van der Waals surface area contributed by atoms with Crippen LogP contribution < -0.4 is 10.3 Å². The molecular weight excluding hydrogens is 306 g/mol. The fraction of sp³-hybridized carbons (Fsp3) is 0.0588. The molecule has 0 radical (unpaired) electrons. The van der Waals surface area contributed by atoms with Crippen LogP contribution in [0.4, 0.5) is 11.4 Å². The highest BCUT2D eigenvalue weighted by atomic mass is 16.5. The largest absolute Gasteiger partial charge is 0.497 e. The van der Waals surface area contributed by atoms with E-state index in [2.05, 4.69) is 20.4 Å². The van der Waals surface area contributed by atoms with Gasteiger partial charge in [-0.1, -0.05) is 12.1 Å². The second kappa shape index (κ2) is 6.62. The monoisotopic (exact) mass is 319 g/mol. The number of benzene rings is 2. The molecule has 0 saturated carbocycles. The van der Waals surface area contributed by atoms with Crippen LogP contribution in [-0.2, 0) is 0 Å². The standard InChI is InChI=1S/C17H13N5O2/c1-24-13-8-6-11(7-9-13)15-16(17(23)22-20-15)21-19-14-5-3-2-4-12(14)10-18/h2-9H,1H3,(H2,20,22,23). The summed E-state index contributed by atoms with van der Waals surface area (Å²) in [6.45, 7) is 0. The van der Waals surface area contributed by atoms with Crippen molar-refractivity contribution in [1.29, 1.82) is 5.26 Å². The summed E-state index contributed by atoms with van der Waals surface area (Å²) in [4.78, 5) is 12.0. The fourth-order valence-electron chi connectivity index (χ4n) is 2.17. The first-order valence-corrected chi connectivity index (χ1v) is 7.09. The van der Waals surface area contributed by atoms with E-state index in [-0.39, 0.29) is 11.2 Å². The zero-order chi connectivity index (χ0) is 16.9. The van der Waals surface area contributed by atoms with Crippen LogP contribution in [0.25, 0.3) is 11.3 Å². The molecule has 1 aromatic heterocycles. The van der Waals surface area contributed by atoms with Gasteiger partial charge in [-0.05, 0) is 36.4 Å². The Balaban J connectivity index is 2.00. The quantitative estimate of drug-likeness (QED) is 0.716. The van der Waals surface area contributed by atoms with E-state index in [0.717, 1.165) is 5.56 Å². The van der Waals surface area contributed by atoms with E-state index in [9.17, 15) is 4.79 Å². The molecule has 7 nitrogen and oxygen atoms in total. The normalized spacial score (nSPS) is 10.7. The Hall–Kier alpha value is -3.66. The van der Waals surface area contributed by atoms with Gasteiger partial charge >= 0.3 is 0 Å². The topological polar surface area (TPSA) is 106 Å². The van der Waals surface area contributed by atoms with Crippen molar-refractivity contribution in [1.82, 2.24) is 10.2 Å². The molecule has 0 saturated heterocycles. The number of aromatic nitrogens is 2. The molecular formula is C17H13N5O2. The van der Waals surface area contributed by atoms with Crippen LogP contribution in [0, 0.1) is 11.3 Å². The van der Waals surface area contributed by atoms with Gasteiger partial charge in [-0.25, -0.2) is 0 Å². The number of ether oxygens (including phenoxy) is 1. The van der Waals surface area contributed by atoms with Gasteiger partial charge in [0.25, 0.3) is 5.56 Å². The van der Waals surface area contributed by atoms with E-state index in [4.69, 9.17) is 10.00 Å². The van der Waals surface area contributed by atoms with Crippen molar-refractivity contribution < 1.29 is 4.74 Å². The molecule has 24 heavy (non-hydrogen) atoms. The molecule has 0 bridgehead atoms. The molecule has 1 heterocycles. The lowest BCUT2D eigenvalue weighted by Crippen LogP contribution is -1.96. The van der Waals surface area contributed by atoms with E-state index in [1.165, 1.54) is 0 Å². The molecule has 3 rings (SSSR count). The summed E-state index contributed by atoms with van der Waals surface area (Å²) in [5.41, 5.74) is 1.82. The van der Waals surface area contributed by atoms with Crippen LogP contribution >= 0.6 is 0 Å². The maximum absolute atomic E-state index is 12.0. The summed E-state index contributed by atoms with van der Waals surface area (Å²) >= 11 is 0. The maximum Gasteiger partial charge on any atom is 0.292 e. The van der Waals surface area contributed by atoms with E-state index in [1.807, 2.05) is 6.07 Å². The van der Waals surface area contributed by atoms with Crippen molar-refractivity contribution in [2.75, 3.05) is 7.11 Å². The number of hydrogen-bond acceptors (Lipinski definition) is 5. The lowest BCUT2D eigenvalue weighted by Gasteiger charge is -2.02. The first-order valence-electron chi connectivity index (χ1n) is 7.09. The van der Waals surface area contributed by atoms with Crippen LogP contribution in [0.15, 0.2) is 63.6 Å². The smallest absolute Gasteiger partial charge is 0.292 e. The lowest BCUT2D eigenvalue weighted by atomic mass is 10.1. The van der Waals surface area contributed by atoms with Crippen LogP contribution in [0.3, 0.4) is 0 Å². The third-order valence-electron chi connectivity index (χ3n) is 3.41. The Labute approximate surface area is 137 Å². The van der Waals surface area contributed by atoms with Gasteiger partial charge in [0, 0.05) is 5.56 Å². The van der Waals surface area contributed by atoms with Gasteiger partial charge in [-0.2, -0.15) is 5.26 Å². The fourth-order valence-corrected chi connectivity index (χ4v) is 2.17. The number of H-pyrrole nitrogens is 2. The van der Waals surface area contributed by atoms with Gasteiger partial charge in [-0.15, -0.1) is 10.2 Å². The first-order chi connectivity index (χ1) is 11.7. The van der Waals surface area contributed by atoms with Crippen LogP contribution in [0.2, 0.25) is 0 Å². The molecule has 0 unspecified atom stereocenters. The van der Waals surface area contributed by atoms with Gasteiger partial charge in [-0.3, -0.25) is 15.0 Å². The number of aromatic amines is 2. The third-order valence-corrected chi connectivity index (χ3v) is 3.41. The van der Waals surface area contributed by atoms with E-state index >= 15 is 0 Å². The number of methoxy groups -OCH3 is 1. The van der Waals surface area contributed by atoms with Crippen LogP contribution in [0.5, 0.6) is 5.75 Å². The van der Waals surface area contributed by atoms with Crippen LogP contribution in [-0.4, -0.2) is 17.3 Å². The number of nitrogens with one attached hydrogen (secondary N) is 2. The molecule has 2 N–H and O–H groups in total. The van der Waals surface area contributed by atoms with Crippen molar-refractivity contribution in [2.45, 2.75) is 0 Å². The predicted octanol–water partition coefficient (Wildman–Crippen LogP) is 3.67. The van der Waals surface area contributed by atoms with Crippen molar-refractivity contribution in [3.05, 3.63) is 64.4 Å². The summed E-state index contributed by atoms with van der Waals surface area (Å²) in [7, 11) is 1.58. The predicted molar refractivity (Wildman–Crippen MR) is 88.7 cm³/mol. The second-order valence-electron chi connectivity index (χ2n) is 4.86. The molecule has 0 fully saturated rings. The van der Waals surface area contributed by atoms with Gasteiger partial charge in [0.1, 0.15) is 17.5 Å². The van der Waals surface area contributed by atoms with E-state index < -0.39 is 0 Å². The molecule has 0 aliphatic carbocycles. The van der Waals surface area contributed by atoms with Crippen molar-refractivity contribution in [3.63, 3.8) is 0 Å². The minimum atomic E-state index is -0.390. The number of azo groups is 1. The molecule has 0 atom stereocenters. The number of nitrogens with zero attached hydrogens (tertiary/aromatic N) is 3. The Morgan fingerprint density at radius 2 is 1.79 bits per heavy atom. The average Bonchev–Trinajstić information content (AvgIpc) is 3.01. The van der Waals surface area contributed by atoms with Gasteiger partial charge in [0.2, 0.25) is 0 Å². The summed E-state index contributed by atoms with van der Waals surface area (Å²) in [5.74, 6) is 0.711. The summed E-state index contributed by atoms with van der Waals surface area (Å²) in [5, 5.41) is 22.4. The number of hydrogen-bond donors (Lipinski definition) is 2. The van der Waals surface area contributed by atoms with Crippen molar-refractivity contribution >= 4 is 11.4 Å². The Kier molecular flexibility index (Phi) is 4.21. The molecule has 2 aromatic carbocycles. The molecule has 118 valence electrons. The Morgan fingerprint density at radius 3 is 2.50 bits per heavy atom. The number of rotatable bonds is 4. The minimum Gasteiger partial charge on any atom is -0.497 e. The second-order valence-corrected chi connectivity index (χ2v) is 4.86. The molecule has 3 aromatic rings. The average molecular weight is 319 g/mol. The van der Waals surface area contributed by atoms with Gasteiger partial charge in [0.15, 0.2) is 5.69 Å². The van der Waals surface area contributed by atoms with Gasteiger partial charge in [0.05, 0.1) is 18.4 Å². The third kappa shape index (κ3) is 2.94. The zero-order valence-electron chi connectivity index (χ0n) is 12.8. The summed E-state index contributed by atoms with van der Waals surface area (Å²) in [6, 6.07) is 16.0. The Morgan fingerprint density at radius 1 is 1.04 bits per heavy atom. The summed E-state index contributed by atoms with van der Waals surface area (Å²) in [6.07, 6.45) is 0. The zero-order valence-corrected chi connectivity index (χ0v) is 12.8. The first kappa shape index (κ1) is 15.2. The highest BCUT2D eigenvalue weighted by Gasteiger charge is 2.12. The van der Waals surface area contributed by atoms with Crippen LogP contribution in [0.1, 0.15) is 5.56 Å². The molecule has 7 heteroatoms. The van der Waals surface area contributed by atoms with Crippen molar-refractivity contribution in [2.24, 2.45) is 10.2 Å². The van der Waals surface area contributed by atoms with Gasteiger partial charge < -0.3 is 4.74 Å². The maximum atomic E-state index is 12.0. The molecule has 0 aliphatic heterocycles. The van der Waals surface area contributed by atoms with Crippen molar-refractivity contribution in [3.8, 4) is 23.1 Å². The van der Waals surface area contributed by atoms with E-state index in [0.29, 0.717) is 22.7 Å². The number of nitriles is 1. The molecule has 0 spiro atoms. The molecule has 0 amide bonds. The SMILES string of the molecule is COc1ccc(-c2[nH][nH]c(=O)c2N=Nc2ccccc2C#N)cc1. The highest BCUT2D eigenvalue weighted by molar-refractivity contribution is 5.71. The van der Waals surface area contributed by atoms with E-state index in [1.54, 1.807) is 55.6 Å². The summed E-state index contributed by atoms with van der Waals surface area (Å²) < 4.78 is 5.12. The Bertz CT molecular complexity index is 977. The lowest BCUT2D eigenvalue weighted by molar-refractivity contribution is 0.415. The molecule has 0 aliphatic rings.